The summed E-state index contributed by atoms with van der Waals surface area (Å²) in [5.41, 5.74) is 2.63. The highest BCUT2D eigenvalue weighted by molar-refractivity contribution is 9.10. The van der Waals surface area contributed by atoms with Crippen molar-refractivity contribution in [1.29, 1.82) is 0 Å². The molecule has 1 unspecified atom stereocenters. The maximum Gasteiger partial charge on any atom is 0.118 e. The van der Waals surface area contributed by atoms with Gasteiger partial charge in [-0.2, -0.15) is 0 Å². The van der Waals surface area contributed by atoms with Gasteiger partial charge >= 0.3 is 0 Å². The van der Waals surface area contributed by atoms with E-state index in [2.05, 4.69) is 50.9 Å². The number of benzene rings is 1. The fraction of sp³-hybridized carbons (Fsp3) is 0.389. The van der Waals surface area contributed by atoms with Gasteiger partial charge < -0.3 is 4.74 Å². The lowest BCUT2D eigenvalue weighted by atomic mass is 10.0. The molecule has 0 amide bonds. The molecule has 1 aromatic heterocycles. The molecule has 0 radical (unpaired) electrons. The zero-order valence-corrected chi connectivity index (χ0v) is 14.6. The van der Waals surface area contributed by atoms with E-state index in [4.69, 9.17) is 4.74 Å². The van der Waals surface area contributed by atoms with E-state index in [1.54, 1.807) is 7.11 Å². The molecule has 1 fully saturated rings. The molecule has 22 heavy (non-hydrogen) atoms. The molecule has 3 rings (SSSR count). The van der Waals surface area contributed by atoms with Gasteiger partial charge in [0.05, 0.1) is 7.11 Å². The van der Waals surface area contributed by atoms with Crippen molar-refractivity contribution in [2.75, 3.05) is 13.7 Å². The zero-order valence-electron chi connectivity index (χ0n) is 13.0. The average molecular weight is 361 g/mol. The summed E-state index contributed by atoms with van der Waals surface area (Å²) < 4.78 is 6.30. The van der Waals surface area contributed by atoms with Crippen LogP contribution >= 0.6 is 15.9 Å². The summed E-state index contributed by atoms with van der Waals surface area (Å²) >= 11 is 3.53. The topological polar surface area (TPSA) is 25.4 Å². The highest BCUT2D eigenvalue weighted by Gasteiger charge is 2.30. The Kier molecular flexibility index (Phi) is 4.79. The molecule has 0 spiro atoms. The van der Waals surface area contributed by atoms with Crippen molar-refractivity contribution in [3.8, 4) is 5.75 Å². The quantitative estimate of drug-likeness (QED) is 0.786. The van der Waals surface area contributed by atoms with E-state index in [1.165, 1.54) is 24.0 Å². The van der Waals surface area contributed by atoms with Crippen molar-refractivity contribution in [2.24, 2.45) is 0 Å². The summed E-state index contributed by atoms with van der Waals surface area (Å²) in [6.07, 6.45) is 6.26. The molecule has 2 aromatic rings. The van der Waals surface area contributed by atoms with Gasteiger partial charge in [0.25, 0.3) is 0 Å². The number of methoxy groups -OCH3 is 1. The fourth-order valence-corrected chi connectivity index (χ4v) is 3.68. The first-order valence-electron chi connectivity index (χ1n) is 7.69. The van der Waals surface area contributed by atoms with Gasteiger partial charge in [-0.25, -0.2) is 0 Å². The van der Waals surface area contributed by atoms with Gasteiger partial charge in [0, 0.05) is 29.0 Å². The van der Waals surface area contributed by atoms with E-state index >= 15 is 0 Å². The number of ether oxygens (including phenoxy) is 1. The number of pyridine rings is 1. The Morgan fingerprint density at radius 3 is 2.73 bits per heavy atom. The van der Waals surface area contributed by atoms with Gasteiger partial charge in [0.2, 0.25) is 0 Å². The molecule has 2 atom stereocenters. The summed E-state index contributed by atoms with van der Waals surface area (Å²) in [5.74, 6) is 0.908. The summed E-state index contributed by atoms with van der Waals surface area (Å²) in [6.45, 7) is 3.41. The van der Waals surface area contributed by atoms with Gasteiger partial charge in [-0.1, -0.05) is 12.1 Å². The molecule has 2 heterocycles. The number of halogens is 1. The summed E-state index contributed by atoms with van der Waals surface area (Å²) in [6, 6.07) is 11.4. The van der Waals surface area contributed by atoms with Crippen LogP contribution < -0.4 is 4.74 Å². The predicted octanol–water partition coefficient (Wildman–Crippen LogP) is 4.75. The van der Waals surface area contributed by atoms with Crippen molar-refractivity contribution in [1.82, 2.24) is 9.88 Å². The number of likely N-dealkylation sites (tertiary alicyclic amines) is 1. The van der Waals surface area contributed by atoms with Crippen LogP contribution in [0.25, 0.3) is 0 Å². The Hall–Kier alpha value is -1.39. The molecule has 4 heteroatoms. The maximum atomic E-state index is 5.25. The van der Waals surface area contributed by atoms with Crippen LogP contribution in [0.1, 0.15) is 43.0 Å². The fourth-order valence-electron chi connectivity index (χ4n) is 3.30. The van der Waals surface area contributed by atoms with Gasteiger partial charge in [-0.05, 0) is 71.6 Å². The summed E-state index contributed by atoms with van der Waals surface area (Å²) in [4.78, 5) is 6.90. The Morgan fingerprint density at radius 1 is 1.27 bits per heavy atom. The van der Waals surface area contributed by atoms with E-state index in [0.29, 0.717) is 12.1 Å². The molecular weight excluding hydrogens is 340 g/mol. The maximum absolute atomic E-state index is 5.25. The third-order valence-corrected chi connectivity index (χ3v) is 4.93. The second-order valence-electron chi connectivity index (χ2n) is 5.78. The van der Waals surface area contributed by atoms with Crippen LogP contribution in [0.4, 0.5) is 0 Å². The van der Waals surface area contributed by atoms with Crippen molar-refractivity contribution >= 4 is 15.9 Å². The highest BCUT2D eigenvalue weighted by atomic mass is 79.9. The largest absolute Gasteiger partial charge is 0.497 e. The van der Waals surface area contributed by atoms with Crippen LogP contribution in [0.3, 0.4) is 0 Å². The van der Waals surface area contributed by atoms with E-state index in [9.17, 15) is 0 Å². The average Bonchev–Trinajstić information content (AvgIpc) is 3.04. The van der Waals surface area contributed by atoms with E-state index in [1.807, 2.05) is 24.5 Å². The third kappa shape index (κ3) is 3.18. The van der Waals surface area contributed by atoms with Gasteiger partial charge in [-0.15, -0.1) is 0 Å². The first-order chi connectivity index (χ1) is 10.7. The van der Waals surface area contributed by atoms with E-state index in [0.717, 1.165) is 16.8 Å². The molecule has 0 aliphatic carbocycles. The van der Waals surface area contributed by atoms with Crippen LogP contribution in [0.15, 0.2) is 47.2 Å². The molecular formula is C18H21BrN2O. The second-order valence-corrected chi connectivity index (χ2v) is 6.70. The summed E-state index contributed by atoms with van der Waals surface area (Å²) in [5, 5.41) is 0. The second kappa shape index (κ2) is 6.80. The lowest BCUT2D eigenvalue weighted by molar-refractivity contribution is 0.193. The van der Waals surface area contributed by atoms with Gasteiger partial charge in [-0.3, -0.25) is 9.88 Å². The molecule has 0 bridgehead atoms. The first-order valence-corrected chi connectivity index (χ1v) is 8.48. The molecule has 0 saturated carbocycles. The zero-order chi connectivity index (χ0) is 15.5. The monoisotopic (exact) mass is 360 g/mol. The SMILES string of the molecule is COc1ccc([C@@H](C)N2CCCC2c2cncc(Br)c2)cc1. The minimum absolute atomic E-state index is 0.386. The van der Waals surface area contributed by atoms with Crippen molar-refractivity contribution in [3.05, 3.63) is 58.3 Å². The van der Waals surface area contributed by atoms with Crippen LogP contribution in [0.5, 0.6) is 5.75 Å². The highest BCUT2D eigenvalue weighted by Crippen LogP contribution is 2.38. The minimum atomic E-state index is 0.386. The summed E-state index contributed by atoms with van der Waals surface area (Å²) in [7, 11) is 1.70. The number of hydrogen-bond donors (Lipinski definition) is 0. The van der Waals surface area contributed by atoms with Crippen molar-refractivity contribution in [3.63, 3.8) is 0 Å². The lowest BCUT2D eigenvalue weighted by Crippen LogP contribution is -2.26. The Balaban J connectivity index is 1.82. The van der Waals surface area contributed by atoms with Crippen LogP contribution in [-0.2, 0) is 0 Å². The molecule has 1 saturated heterocycles. The Morgan fingerprint density at radius 2 is 2.05 bits per heavy atom. The standard InChI is InChI=1S/C18H21BrN2O/c1-13(14-5-7-17(22-2)8-6-14)21-9-3-4-18(21)15-10-16(19)12-20-11-15/h5-8,10-13,18H,3-4,9H2,1-2H3/t13-,18?/m1/s1. The number of aromatic nitrogens is 1. The molecule has 1 aliphatic rings. The van der Waals surface area contributed by atoms with Crippen LogP contribution in [-0.4, -0.2) is 23.5 Å². The van der Waals surface area contributed by atoms with Gasteiger partial charge in [0.15, 0.2) is 0 Å². The molecule has 1 aliphatic heterocycles. The molecule has 116 valence electrons. The Labute approximate surface area is 140 Å². The first kappa shape index (κ1) is 15.5. The Bertz CT molecular complexity index is 629. The molecule has 1 aromatic carbocycles. The lowest BCUT2D eigenvalue weighted by Gasteiger charge is -2.31. The van der Waals surface area contributed by atoms with E-state index in [-0.39, 0.29) is 0 Å². The normalized spacial score (nSPS) is 20.0. The predicted molar refractivity (Wildman–Crippen MR) is 92.0 cm³/mol. The molecule has 0 N–H and O–H groups in total. The minimum Gasteiger partial charge on any atom is -0.497 e. The molecule has 3 nitrogen and oxygen atoms in total. The van der Waals surface area contributed by atoms with Gasteiger partial charge in [0.1, 0.15) is 5.75 Å². The number of rotatable bonds is 4. The van der Waals surface area contributed by atoms with Crippen molar-refractivity contribution in [2.45, 2.75) is 31.8 Å². The third-order valence-electron chi connectivity index (χ3n) is 4.50. The van der Waals surface area contributed by atoms with Crippen LogP contribution in [0, 0.1) is 0 Å². The number of hydrogen-bond acceptors (Lipinski definition) is 3. The van der Waals surface area contributed by atoms with Crippen LogP contribution in [0.2, 0.25) is 0 Å². The number of nitrogens with zero attached hydrogens (tertiary/aromatic N) is 2. The van der Waals surface area contributed by atoms with E-state index < -0.39 is 0 Å². The van der Waals surface area contributed by atoms with Crippen molar-refractivity contribution < 1.29 is 4.74 Å². The smallest absolute Gasteiger partial charge is 0.118 e.